The molecule has 0 aliphatic carbocycles. The van der Waals surface area contributed by atoms with Gasteiger partial charge in [0.1, 0.15) is 5.82 Å². The fourth-order valence-electron chi connectivity index (χ4n) is 4.20. The number of carbonyl (C=O) groups is 2. The van der Waals surface area contributed by atoms with E-state index in [0.29, 0.717) is 31.0 Å². The van der Waals surface area contributed by atoms with Crippen LogP contribution in [0.1, 0.15) is 60.9 Å². The molecule has 1 N–H and O–H groups in total. The second-order valence-corrected chi connectivity index (χ2v) is 7.98. The van der Waals surface area contributed by atoms with Crippen LogP contribution in [0, 0.1) is 12.8 Å². The summed E-state index contributed by atoms with van der Waals surface area (Å²) in [7, 11) is 1.90. The number of aromatic nitrogens is 2. The highest BCUT2D eigenvalue weighted by Crippen LogP contribution is 2.31. The van der Waals surface area contributed by atoms with Gasteiger partial charge < -0.3 is 15.1 Å². The number of amides is 2. The SMILES string of the molecule is CNCCN1C(=O)CC[C@H]2CN(C(=O)c3cnc(C(C)C)nc3C)CC[C@H]21. The van der Waals surface area contributed by atoms with E-state index in [1.165, 1.54) is 0 Å². The van der Waals surface area contributed by atoms with Gasteiger partial charge in [-0.25, -0.2) is 9.97 Å². The molecule has 7 heteroatoms. The second kappa shape index (κ2) is 8.33. The molecule has 3 heterocycles. The Morgan fingerprint density at radius 3 is 2.81 bits per heavy atom. The molecule has 2 amide bonds. The van der Waals surface area contributed by atoms with Gasteiger partial charge in [0.15, 0.2) is 0 Å². The van der Waals surface area contributed by atoms with Gasteiger partial charge in [0.25, 0.3) is 5.91 Å². The first-order valence-electron chi connectivity index (χ1n) is 9.99. The van der Waals surface area contributed by atoms with E-state index in [0.717, 1.165) is 37.4 Å². The maximum absolute atomic E-state index is 13.0. The van der Waals surface area contributed by atoms with Crippen LogP contribution in [0.15, 0.2) is 6.20 Å². The number of hydrogen-bond acceptors (Lipinski definition) is 5. The smallest absolute Gasteiger partial charge is 0.257 e. The summed E-state index contributed by atoms with van der Waals surface area (Å²) in [4.78, 5) is 38.2. The van der Waals surface area contributed by atoms with Crippen molar-refractivity contribution in [3.8, 4) is 0 Å². The van der Waals surface area contributed by atoms with E-state index in [1.54, 1.807) is 6.20 Å². The van der Waals surface area contributed by atoms with Gasteiger partial charge in [-0.2, -0.15) is 0 Å². The number of nitrogens with zero attached hydrogens (tertiary/aromatic N) is 4. The Kier molecular flexibility index (Phi) is 6.09. The molecule has 0 bridgehead atoms. The van der Waals surface area contributed by atoms with E-state index >= 15 is 0 Å². The first kappa shape index (κ1) is 19.7. The van der Waals surface area contributed by atoms with E-state index in [4.69, 9.17) is 0 Å². The number of fused-ring (bicyclic) bond motifs is 1. The monoisotopic (exact) mass is 373 g/mol. The molecular weight excluding hydrogens is 342 g/mol. The summed E-state index contributed by atoms with van der Waals surface area (Å²) >= 11 is 0. The number of carbonyl (C=O) groups excluding carboxylic acids is 2. The van der Waals surface area contributed by atoms with Gasteiger partial charge in [-0.3, -0.25) is 9.59 Å². The molecule has 3 rings (SSSR count). The third-order valence-electron chi connectivity index (χ3n) is 5.78. The third kappa shape index (κ3) is 4.13. The lowest BCUT2D eigenvalue weighted by molar-refractivity contribution is -0.140. The lowest BCUT2D eigenvalue weighted by Gasteiger charge is -2.47. The predicted molar refractivity (Wildman–Crippen MR) is 104 cm³/mol. The summed E-state index contributed by atoms with van der Waals surface area (Å²) in [5.41, 5.74) is 1.34. The summed E-state index contributed by atoms with van der Waals surface area (Å²) in [5.74, 6) is 1.63. The van der Waals surface area contributed by atoms with Crippen LogP contribution in [0.4, 0.5) is 0 Å². The highest BCUT2D eigenvalue weighted by Gasteiger charge is 2.40. The highest BCUT2D eigenvalue weighted by molar-refractivity contribution is 5.95. The van der Waals surface area contributed by atoms with Crippen LogP contribution in [0.3, 0.4) is 0 Å². The zero-order valence-electron chi connectivity index (χ0n) is 16.9. The molecule has 0 spiro atoms. The molecule has 0 saturated carbocycles. The minimum Gasteiger partial charge on any atom is -0.338 e. The van der Waals surface area contributed by atoms with E-state index in [-0.39, 0.29) is 23.8 Å². The molecule has 1 aromatic rings. The van der Waals surface area contributed by atoms with Crippen LogP contribution in [-0.2, 0) is 4.79 Å². The Bertz CT molecular complexity index is 706. The largest absolute Gasteiger partial charge is 0.338 e. The Balaban J connectivity index is 1.70. The van der Waals surface area contributed by atoms with Crippen molar-refractivity contribution in [1.29, 1.82) is 0 Å². The summed E-state index contributed by atoms with van der Waals surface area (Å²) in [6.45, 7) is 8.90. The van der Waals surface area contributed by atoms with E-state index in [2.05, 4.69) is 15.3 Å². The lowest BCUT2D eigenvalue weighted by Crippen LogP contribution is -2.57. The minimum absolute atomic E-state index is 0.0138. The summed E-state index contributed by atoms with van der Waals surface area (Å²) in [5, 5.41) is 3.13. The Hall–Kier alpha value is -2.02. The van der Waals surface area contributed by atoms with Crippen molar-refractivity contribution in [1.82, 2.24) is 25.1 Å². The molecule has 2 atom stereocenters. The van der Waals surface area contributed by atoms with Gasteiger partial charge in [0.2, 0.25) is 5.91 Å². The van der Waals surface area contributed by atoms with E-state index < -0.39 is 0 Å². The zero-order chi connectivity index (χ0) is 19.6. The standard InChI is InChI=1S/C20H31N5O2/c1-13(2)19-22-11-16(14(3)23-19)20(27)24-9-7-17-15(12-24)5-6-18(26)25(17)10-8-21-4/h11,13,15,17,21H,5-10,12H2,1-4H3/t15-,17+/m0/s1. The first-order valence-corrected chi connectivity index (χ1v) is 9.99. The Labute approximate surface area is 161 Å². The van der Waals surface area contributed by atoms with Crippen molar-refractivity contribution in [3.63, 3.8) is 0 Å². The highest BCUT2D eigenvalue weighted by atomic mass is 16.2. The molecule has 0 unspecified atom stereocenters. The number of nitrogens with one attached hydrogen (secondary N) is 1. The molecular formula is C20H31N5O2. The molecule has 148 valence electrons. The molecule has 2 aliphatic rings. The van der Waals surface area contributed by atoms with Crippen molar-refractivity contribution in [2.45, 2.75) is 52.0 Å². The number of hydrogen-bond donors (Lipinski definition) is 1. The second-order valence-electron chi connectivity index (χ2n) is 7.98. The fourth-order valence-corrected chi connectivity index (χ4v) is 4.20. The fraction of sp³-hybridized carbons (Fsp3) is 0.700. The van der Waals surface area contributed by atoms with Crippen molar-refractivity contribution in [2.24, 2.45) is 5.92 Å². The van der Waals surface area contributed by atoms with Crippen LogP contribution in [0.2, 0.25) is 0 Å². The quantitative estimate of drug-likeness (QED) is 0.848. The molecule has 27 heavy (non-hydrogen) atoms. The average Bonchev–Trinajstić information content (AvgIpc) is 2.66. The maximum atomic E-state index is 13.0. The summed E-state index contributed by atoms with van der Waals surface area (Å²) < 4.78 is 0. The number of aryl methyl sites for hydroxylation is 1. The van der Waals surface area contributed by atoms with E-state index in [9.17, 15) is 9.59 Å². The minimum atomic E-state index is 0.0138. The number of likely N-dealkylation sites (tertiary alicyclic amines) is 2. The topological polar surface area (TPSA) is 78.4 Å². The van der Waals surface area contributed by atoms with Gasteiger partial charge >= 0.3 is 0 Å². The third-order valence-corrected chi connectivity index (χ3v) is 5.78. The maximum Gasteiger partial charge on any atom is 0.257 e. The summed E-state index contributed by atoms with van der Waals surface area (Å²) in [6.07, 6.45) is 3.97. The molecule has 0 aromatic carbocycles. The van der Waals surface area contributed by atoms with Crippen LogP contribution < -0.4 is 5.32 Å². The van der Waals surface area contributed by atoms with Gasteiger partial charge in [-0.15, -0.1) is 0 Å². The molecule has 0 radical (unpaired) electrons. The molecule has 2 fully saturated rings. The van der Waals surface area contributed by atoms with Crippen molar-refractivity contribution in [2.75, 3.05) is 33.2 Å². The normalized spacial score (nSPS) is 22.9. The van der Waals surface area contributed by atoms with Crippen molar-refractivity contribution in [3.05, 3.63) is 23.3 Å². The number of likely N-dealkylation sites (N-methyl/N-ethyl adjacent to an activating group) is 1. The van der Waals surface area contributed by atoms with Crippen molar-refractivity contribution >= 4 is 11.8 Å². The lowest BCUT2D eigenvalue weighted by atomic mass is 9.83. The van der Waals surface area contributed by atoms with Crippen LogP contribution in [0.5, 0.6) is 0 Å². The zero-order valence-corrected chi connectivity index (χ0v) is 16.9. The van der Waals surface area contributed by atoms with Crippen LogP contribution in [-0.4, -0.2) is 70.9 Å². The van der Waals surface area contributed by atoms with Gasteiger partial charge in [0.05, 0.1) is 11.3 Å². The van der Waals surface area contributed by atoms with E-state index in [1.807, 2.05) is 37.6 Å². The molecule has 7 nitrogen and oxygen atoms in total. The van der Waals surface area contributed by atoms with Gasteiger partial charge in [-0.1, -0.05) is 13.8 Å². The van der Waals surface area contributed by atoms with Crippen molar-refractivity contribution < 1.29 is 9.59 Å². The molecule has 1 aromatic heterocycles. The predicted octanol–water partition coefficient (Wildman–Crippen LogP) is 1.58. The molecule has 2 aliphatic heterocycles. The van der Waals surface area contributed by atoms with Gasteiger partial charge in [-0.05, 0) is 32.7 Å². The average molecular weight is 374 g/mol. The van der Waals surface area contributed by atoms with Gasteiger partial charge in [0, 0.05) is 50.8 Å². The number of piperidine rings is 2. The first-order chi connectivity index (χ1) is 12.9. The summed E-state index contributed by atoms with van der Waals surface area (Å²) in [6, 6.07) is 0.254. The van der Waals surface area contributed by atoms with Crippen LogP contribution in [0.25, 0.3) is 0 Å². The Morgan fingerprint density at radius 1 is 1.37 bits per heavy atom. The Morgan fingerprint density at radius 2 is 2.15 bits per heavy atom. The molecule has 2 saturated heterocycles. The number of rotatable bonds is 5. The van der Waals surface area contributed by atoms with Crippen LogP contribution >= 0.6 is 0 Å².